The summed E-state index contributed by atoms with van der Waals surface area (Å²) in [6.45, 7) is 4.42. The fourth-order valence-electron chi connectivity index (χ4n) is 1.50. The highest BCUT2D eigenvalue weighted by atomic mass is 32.2. The van der Waals surface area contributed by atoms with E-state index in [-0.39, 0.29) is 5.75 Å². The second-order valence-corrected chi connectivity index (χ2v) is 7.96. The van der Waals surface area contributed by atoms with Crippen LogP contribution >= 0.6 is 11.3 Å². The van der Waals surface area contributed by atoms with Crippen molar-refractivity contribution in [3.63, 3.8) is 0 Å². The minimum atomic E-state index is -2.87. The number of likely N-dealkylation sites (N-methyl/N-ethyl adjacent to an activating group) is 1. The lowest BCUT2D eigenvalue weighted by molar-refractivity contribution is 0.264. The molecule has 0 aromatic carbocycles. The van der Waals surface area contributed by atoms with E-state index in [0.717, 1.165) is 13.1 Å². The van der Waals surface area contributed by atoms with E-state index in [0.29, 0.717) is 12.6 Å². The molecular weight excluding hydrogens is 268 g/mol. The van der Waals surface area contributed by atoms with E-state index in [9.17, 15) is 8.42 Å². The van der Waals surface area contributed by atoms with Crippen molar-refractivity contribution in [1.29, 1.82) is 0 Å². The summed E-state index contributed by atoms with van der Waals surface area (Å²) >= 11 is 1.74. The largest absolute Gasteiger partial charge is 0.310 e. The van der Waals surface area contributed by atoms with Gasteiger partial charge in [0, 0.05) is 36.8 Å². The van der Waals surface area contributed by atoms with Crippen molar-refractivity contribution in [3.8, 4) is 0 Å². The van der Waals surface area contributed by atoms with Crippen LogP contribution in [0.15, 0.2) is 17.5 Å². The highest BCUT2D eigenvalue weighted by Gasteiger charge is 2.11. The fraction of sp³-hybridized carbons (Fsp3) is 0.667. The molecule has 0 bridgehead atoms. The summed E-state index contributed by atoms with van der Waals surface area (Å²) in [5, 5.41) is 5.45. The van der Waals surface area contributed by atoms with Gasteiger partial charge in [-0.3, -0.25) is 0 Å². The van der Waals surface area contributed by atoms with E-state index in [1.807, 2.05) is 13.1 Å². The SMILES string of the molecule is CC(CNCc1cccs1)N(C)CCS(C)(=O)=O. The topological polar surface area (TPSA) is 49.4 Å². The van der Waals surface area contributed by atoms with Crippen molar-refractivity contribution in [2.24, 2.45) is 0 Å². The van der Waals surface area contributed by atoms with Gasteiger partial charge < -0.3 is 10.2 Å². The maximum Gasteiger partial charge on any atom is 0.148 e. The van der Waals surface area contributed by atoms with Crippen molar-refractivity contribution < 1.29 is 8.42 Å². The molecule has 1 aromatic rings. The predicted molar refractivity (Wildman–Crippen MR) is 77.8 cm³/mol. The number of hydrogen-bond acceptors (Lipinski definition) is 5. The molecule has 0 fully saturated rings. The van der Waals surface area contributed by atoms with Crippen LogP contribution in [0.3, 0.4) is 0 Å². The Balaban J connectivity index is 2.21. The number of hydrogen-bond donors (Lipinski definition) is 1. The highest BCUT2D eigenvalue weighted by Crippen LogP contribution is 2.07. The van der Waals surface area contributed by atoms with Crippen LogP contribution < -0.4 is 5.32 Å². The second-order valence-electron chi connectivity index (χ2n) is 4.67. The number of thiophene rings is 1. The first kappa shape index (κ1) is 15.6. The Morgan fingerprint density at radius 2 is 2.22 bits per heavy atom. The molecule has 0 radical (unpaired) electrons. The van der Waals surface area contributed by atoms with E-state index in [1.165, 1.54) is 11.1 Å². The molecule has 1 aromatic heterocycles. The summed E-state index contributed by atoms with van der Waals surface area (Å²) < 4.78 is 22.2. The van der Waals surface area contributed by atoms with Crippen molar-refractivity contribution in [3.05, 3.63) is 22.4 Å². The number of nitrogens with zero attached hydrogens (tertiary/aromatic N) is 1. The molecule has 0 aliphatic heterocycles. The molecule has 4 nitrogen and oxygen atoms in total. The molecule has 0 saturated carbocycles. The summed E-state index contributed by atoms with van der Waals surface area (Å²) in [4.78, 5) is 3.39. The monoisotopic (exact) mass is 290 g/mol. The molecular formula is C12H22N2O2S2. The molecule has 6 heteroatoms. The van der Waals surface area contributed by atoms with Crippen LogP contribution in [-0.4, -0.2) is 51.5 Å². The van der Waals surface area contributed by atoms with Gasteiger partial charge in [0.2, 0.25) is 0 Å². The minimum absolute atomic E-state index is 0.221. The Hall–Kier alpha value is -0.430. The lowest BCUT2D eigenvalue weighted by Crippen LogP contribution is -2.39. The van der Waals surface area contributed by atoms with E-state index < -0.39 is 9.84 Å². The summed E-state index contributed by atoms with van der Waals surface area (Å²) in [7, 11) is -0.908. The van der Waals surface area contributed by atoms with E-state index in [1.54, 1.807) is 11.3 Å². The van der Waals surface area contributed by atoms with E-state index in [2.05, 4.69) is 28.6 Å². The first-order valence-corrected chi connectivity index (χ1v) is 8.93. The Morgan fingerprint density at radius 1 is 1.50 bits per heavy atom. The van der Waals surface area contributed by atoms with E-state index >= 15 is 0 Å². The Morgan fingerprint density at radius 3 is 2.78 bits per heavy atom. The van der Waals surface area contributed by atoms with Crippen molar-refractivity contribution in [1.82, 2.24) is 10.2 Å². The number of nitrogens with one attached hydrogen (secondary N) is 1. The van der Waals surface area contributed by atoms with Crippen molar-refractivity contribution in [2.45, 2.75) is 19.5 Å². The Kier molecular flexibility index (Phi) is 6.28. The molecule has 1 heterocycles. The van der Waals surface area contributed by atoms with Crippen LogP contribution in [0.5, 0.6) is 0 Å². The molecule has 1 rings (SSSR count). The third-order valence-electron chi connectivity index (χ3n) is 2.89. The fourth-order valence-corrected chi connectivity index (χ4v) is 2.80. The lowest BCUT2D eigenvalue weighted by atomic mass is 10.3. The summed E-state index contributed by atoms with van der Waals surface area (Å²) in [5.41, 5.74) is 0. The minimum Gasteiger partial charge on any atom is -0.310 e. The van der Waals surface area contributed by atoms with Crippen LogP contribution in [0.1, 0.15) is 11.8 Å². The zero-order valence-electron chi connectivity index (χ0n) is 11.2. The number of sulfone groups is 1. The molecule has 1 N–H and O–H groups in total. The summed E-state index contributed by atoms with van der Waals surface area (Å²) in [5.74, 6) is 0.221. The zero-order valence-corrected chi connectivity index (χ0v) is 12.9. The van der Waals surface area contributed by atoms with Gasteiger partial charge in [-0.05, 0) is 25.4 Å². The van der Waals surface area contributed by atoms with Crippen LogP contribution in [-0.2, 0) is 16.4 Å². The number of rotatable bonds is 8. The molecule has 104 valence electrons. The van der Waals surface area contributed by atoms with Gasteiger partial charge in [-0.1, -0.05) is 6.07 Å². The Bertz CT molecular complexity index is 429. The smallest absolute Gasteiger partial charge is 0.148 e. The highest BCUT2D eigenvalue weighted by molar-refractivity contribution is 7.90. The van der Waals surface area contributed by atoms with Crippen LogP contribution in [0.4, 0.5) is 0 Å². The van der Waals surface area contributed by atoms with Gasteiger partial charge in [-0.15, -0.1) is 11.3 Å². The molecule has 0 aliphatic rings. The standard InChI is InChI=1S/C12H22N2O2S2/c1-11(14(2)6-8-18(3,15)16)9-13-10-12-5-4-7-17-12/h4-5,7,11,13H,6,8-10H2,1-3H3. The average Bonchev–Trinajstić information content (AvgIpc) is 2.77. The van der Waals surface area contributed by atoms with Gasteiger partial charge in [0.1, 0.15) is 9.84 Å². The third kappa shape index (κ3) is 6.49. The third-order valence-corrected chi connectivity index (χ3v) is 4.69. The molecule has 18 heavy (non-hydrogen) atoms. The Labute approximate surface area is 114 Å². The van der Waals surface area contributed by atoms with Crippen molar-refractivity contribution in [2.75, 3.05) is 32.1 Å². The molecule has 1 atom stereocenters. The molecule has 0 aliphatic carbocycles. The first-order chi connectivity index (χ1) is 8.38. The zero-order chi connectivity index (χ0) is 13.6. The summed E-state index contributed by atoms with van der Waals surface area (Å²) in [6, 6.07) is 4.48. The average molecular weight is 290 g/mol. The van der Waals surface area contributed by atoms with Gasteiger partial charge >= 0.3 is 0 Å². The lowest BCUT2D eigenvalue weighted by Gasteiger charge is -2.24. The van der Waals surface area contributed by atoms with Crippen LogP contribution in [0, 0.1) is 0 Å². The van der Waals surface area contributed by atoms with Gasteiger partial charge in [0.05, 0.1) is 5.75 Å². The van der Waals surface area contributed by atoms with Gasteiger partial charge in [-0.2, -0.15) is 0 Å². The molecule has 1 unspecified atom stereocenters. The van der Waals surface area contributed by atoms with Gasteiger partial charge in [-0.25, -0.2) is 8.42 Å². The molecule has 0 saturated heterocycles. The maximum absolute atomic E-state index is 11.1. The van der Waals surface area contributed by atoms with Crippen LogP contribution in [0.25, 0.3) is 0 Å². The van der Waals surface area contributed by atoms with Crippen LogP contribution in [0.2, 0.25) is 0 Å². The molecule has 0 amide bonds. The van der Waals surface area contributed by atoms with Gasteiger partial charge in [0.25, 0.3) is 0 Å². The normalized spacial score (nSPS) is 14.0. The maximum atomic E-state index is 11.1. The predicted octanol–water partition coefficient (Wildman–Crippen LogP) is 1.20. The quantitative estimate of drug-likeness (QED) is 0.782. The molecule has 0 spiro atoms. The van der Waals surface area contributed by atoms with E-state index in [4.69, 9.17) is 0 Å². The van der Waals surface area contributed by atoms with Crippen molar-refractivity contribution >= 4 is 21.2 Å². The second kappa shape index (κ2) is 7.23. The summed E-state index contributed by atoms with van der Waals surface area (Å²) in [6.07, 6.45) is 1.28. The van der Waals surface area contributed by atoms with Gasteiger partial charge in [0.15, 0.2) is 0 Å². The first-order valence-electron chi connectivity index (χ1n) is 5.99.